The third-order valence-electron chi connectivity index (χ3n) is 4.73. The minimum Gasteiger partial charge on any atom is -0.495 e. The normalized spacial score (nSPS) is 17.1. The van der Waals surface area contributed by atoms with Gasteiger partial charge in [0.15, 0.2) is 5.11 Å². The lowest BCUT2D eigenvalue weighted by Gasteiger charge is -2.36. The Morgan fingerprint density at radius 2 is 2.12 bits per heavy atom. The van der Waals surface area contributed by atoms with Gasteiger partial charge in [0.1, 0.15) is 5.75 Å². The molecule has 1 atom stereocenters. The molecule has 1 aliphatic rings. The van der Waals surface area contributed by atoms with Crippen molar-refractivity contribution in [1.82, 2.24) is 9.80 Å². The smallest absolute Gasteiger partial charge is 0.227 e. The van der Waals surface area contributed by atoms with E-state index in [1.807, 2.05) is 43.9 Å². The third-order valence-corrected chi connectivity index (χ3v) is 5.09. The van der Waals surface area contributed by atoms with Crippen LogP contribution in [-0.2, 0) is 4.79 Å². The van der Waals surface area contributed by atoms with Gasteiger partial charge in [0.25, 0.3) is 0 Å². The number of hydrogen-bond acceptors (Lipinski definition) is 3. The van der Waals surface area contributed by atoms with Crippen LogP contribution in [0.1, 0.15) is 32.3 Å². The molecule has 1 unspecified atom stereocenters. The minimum atomic E-state index is 0.0211. The number of carbonyl (C=O) groups excluding carboxylic acids is 1. The lowest BCUT2D eigenvalue weighted by molar-refractivity contribution is -0.136. The van der Waals surface area contributed by atoms with Gasteiger partial charge in [-0.15, -0.1) is 0 Å². The molecule has 0 aromatic heterocycles. The van der Waals surface area contributed by atoms with E-state index in [-0.39, 0.29) is 11.8 Å². The van der Waals surface area contributed by atoms with Gasteiger partial charge >= 0.3 is 0 Å². The first kappa shape index (κ1) is 19.5. The molecular formula is C19H29N3O2S. The van der Waals surface area contributed by atoms with Crippen LogP contribution in [0.15, 0.2) is 18.2 Å². The second-order valence-electron chi connectivity index (χ2n) is 6.43. The fourth-order valence-corrected chi connectivity index (χ4v) is 3.55. The molecule has 0 aliphatic carbocycles. The number of nitrogens with zero attached hydrogens (tertiary/aromatic N) is 2. The molecule has 0 spiro atoms. The molecule has 0 radical (unpaired) electrons. The molecule has 1 aromatic rings. The van der Waals surface area contributed by atoms with Crippen LogP contribution in [0.4, 0.5) is 5.69 Å². The number of ether oxygens (including phenoxy) is 1. The molecule has 0 saturated carbocycles. The summed E-state index contributed by atoms with van der Waals surface area (Å²) in [6, 6.07) is 5.96. The van der Waals surface area contributed by atoms with Gasteiger partial charge in [0, 0.05) is 26.2 Å². The van der Waals surface area contributed by atoms with E-state index in [0.717, 1.165) is 49.5 Å². The van der Waals surface area contributed by atoms with Crippen LogP contribution in [0.25, 0.3) is 0 Å². The number of aryl methyl sites for hydroxylation is 1. The summed E-state index contributed by atoms with van der Waals surface area (Å²) in [5.41, 5.74) is 2.00. The summed E-state index contributed by atoms with van der Waals surface area (Å²) in [5.74, 6) is 1.03. The van der Waals surface area contributed by atoms with Gasteiger partial charge in [-0.2, -0.15) is 0 Å². The molecular weight excluding hydrogens is 334 g/mol. The number of piperidine rings is 1. The molecule has 1 saturated heterocycles. The van der Waals surface area contributed by atoms with Gasteiger partial charge < -0.3 is 19.9 Å². The molecule has 1 aliphatic heterocycles. The molecule has 138 valence electrons. The number of hydrogen-bond donors (Lipinski definition) is 1. The summed E-state index contributed by atoms with van der Waals surface area (Å²) >= 11 is 5.60. The Balaban J connectivity index is 2.05. The molecule has 1 aromatic carbocycles. The SMILES string of the molecule is CCN(CC)C(=O)C1CCCN(C(=S)Nc2cc(C)ccc2OC)C1. The van der Waals surface area contributed by atoms with E-state index in [2.05, 4.69) is 10.2 Å². The second kappa shape index (κ2) is 9.04. The Labute approximate surface area is 156 Å². The second-order valence-corrected chi connectivity index (χ2v) is 6.82. The highest BCUT2D eigenvalue weighted by Gasteiger charge is 2.29. The van der Waals surface area contributed by atoms with Crippen molar-refractivity contribution in [3.63, 3.8) is 0 Å². The van der Waals surface area contributed by atoms with Gasteiger partial charge in [-0.3, -0.25) is 4.79 Å². The molecule has 0 bridgehead atoms. The molecule has 2 rings (SSSR count). The summed E-state index contributed by atoms with van der Waals surface area (Å²) < 4.78 is 5.41. The van der Waals surface area contributed by atoms with E-state index >= 15 is 0 Å². The zero-order valence-electron chi connectivity index (χ0n) is 15.7. The van der Waals surface area contributed by atoms with Gasteiger partial charge in [-0.05, 0) is 63.5 Å². The number of benzene rings is 1. The minimum absolute atomic E-state index is 0.0211. The topological polar surface area (TPSA) is 44.8 Å². The average Bonchev–Trinajstić information content (AvgIpc) is 2.63. The highest BCUT2D eigenvalue weighted by molar-refractivity contribution is 7.80. The van der Waals surface area contributed by atoms with E-state index in [1.54, 1.807) is 7.11 Å². The summed E-state index contributed by atoms with van der Waals surface area (Å²) in [4.78, 5) is 16.7. The Morgan fingerprint density at radius 3 is 2.76 bits per heavy atom. The van der Waals surface area contributed by atoms with E-state index in [9.17, 15) is 4.79 Å². The van der Waals surface area contributed by atoms with Crippen LogP contribution < -0.4 is 10.1 Å². The quantitative estimate of drug-likeness (QED) is 0.814. The Bertz CT molecular complexity index is 617. The fraction of sp³-hybridized carbons (Fsp3) is 0.579. The molecule has 1 N–H and O–H groups in total. The van der Waals surface area contributed by atoms with Crippen LogP contribution in [0, 0.1) is 12.8 Å². The van der Waals surface area contributed by atoms with E-state index in [1.165, 1.54) is 0 Å². The van der Waals surface area contributed by atoms with Gasteiger partial charge in [-0.1, -0.05) is 6.07 Å². The van der Waals surface area contributed by atoms with E-state index in [0.29, 0.717) is 11.7 Å². The zero-order chi connectivity index (χ0) is 18.4. The summed E-state index contributed by atoms with van der Waals surface area (Å²) in [7, 11) is 1.65. The number of thiocarbonyl (C=S) groups is 1. The van der Waals surface area contributed by atoms with E-state index < -0.39 is 0 Å². The van der Waals surface area contributed by atoms with Crippen LogP contribution in [0.3, 0.4) is 0 Å². The summed E-state index contributed by atoms with van der Waals surface area (Å²) in [6.45, 7) is 9.16. The van der Waals surface area contributed by atoms with Gasteiger partial charge in [0.05, 0.1) is 18.7 Å². The number of anilines is 1. The van der Waals surface area contributed by atoms with Crippen molar-refractivity contribution >= 4 is 28.9 Å². The van der Waals surface area contributed by atoms with Crippen LogP contribution in [-0.4, -0.2) is 54.1 Å². The van der Waals surface area contributed by atoms with Crippen molar-refractivity contribution in [3.8, 4) is 5.75 Å². The number of rotatable bonds is 5. The lowest BCUT2D eigenvalue weighted by Crippen LogP contribution is -2.47. The fourth-order valence-electron chi connectivity index (χ4n) is 3.27. The first-order chi connectivity index (χ1) is 12.0. The van der Waals surface area contributed by atoms with Crippen LogP contribution in [0.5, 0.6) is 5.75 Å². The number of likely N-dealkylation sites (tertiary alicyclic amines) is 1. The maximum Gasteiger partial charge on any atom is 0.227 e. The Hall–Kier alpha value is -1.82. The first-order valence-electron chi connectivity index (χ1n) is 8.99. The largest absolute Gasteiger partial charge is 0.495 e. The summed E-state index contributed by atoms with van der Waals surface area (Å²) in [6.07, 6.45) is 1.91. The third kappa shape index (κ3) is 4.84. The van der Waals surface area contributed by atoms with Gasteiger partial charge in [-0.25, -0.2) is 0 Å². The van der Waals surface area contributed by atoms with Crippen molar-refractivity contribution in [2.75, 3.05) is 38.6 Å². The van der Waals surface area contributed by atoms with Crippen LogP contribution in [0.2, 0.25) is 0 Å². The first-order valence-corrected chi connectivity index (χ1v) is 9.40. The van der Waals surface area contributed by atoms with Crippen molar-refractivity contribution in [2.45, 2.75) is 33.6 Å². The van der Waals surface area contributed by atoms with Gasteiger partial charge in [0.2, 0.25) is 5.91 Å². The number of amides is 1. The molecule has 1 heterocycles. The van der Waals surface area contributed by atoms with Crippen molar-refractivity contribution in [2.24, 2.45) is 5.92 Å². The molecule has 25 heavy (non-hydrogen) atoms. The highest BCUT2D eigenvalue weighted by Crippen LogP contribution is 2.26. The lowest BCUT2D eigenvalue weighted by atomic mass is 9.96. The predicted octanol–water partition coefficient (Wildman–Crippen LogP) is 3.28. The van der Waals surface area contributed by atoms with Crippen molar-refractivity contribution in [3.05, 3.63) is 23.8 Å². The zero-order valence-corrected chi connectivity index (χ0v) is 16.5. The molecule has 5 nitrogen and oxygen atoms in total. The van der Waals surface area contributed by atoms with Crippen molar-refractivity contribution < 1.29 is 9.53 Å². The highest BCUT2D eigenvalue weighted by atomic mass is 32.1. The van der Waals surface area contributed by atoms with E-state index in [4.69, 9.17) is 17.0 Å². The monoisotopic (exact) mass is 363 g/mol. The van der Waals surface area contributed by atoms with Crippen molar-refractivity contribution in [1.29, 1.82) is 0 Å². The average molecular weight is 364 g/mol. The maximum atomic E-state index is 12.6. The standard InChI is InChI=1S/C19H29N3O2S/c1-5-21(6-2)18(23)15-8-7-11-22(13-15)19(25)20-16-12-14(3)9-10-17(16)24-4/h9-10,12,15H,5-8,11,13H2,1-4H3,(H,20,25). The number of carbonyl (C=O) groups is 1. The molecule has 1 fully saturated rings. The number of methoxy groups -OCH3 is 1. The summed E-state index contributed by atoms with van der Waals surface area (Å²) in [5, 5.41) is 3.95. The molecule has 1 amide bonds. The maximum absolute atomic E-state index is 12.6. The molecule has 6 heteroatoms. The Morgan fingerprint density at radius 1 is 1.40 bits per heavy atom. The van der Waals surface area contributed by atoms with Crippen LogP contribution >= 0.6 is 12.2 Å². The predicted molar refractivity (Wildman–Crippen MR) is 106 cm³/mol. The Kier molecular flexibility index (Phi) is 7.05. The number of nitrogens with one attached hydrogen (secondary N) is 1.